The Morgan fingerprint density at radius 2 is 1.71 bits per heavy atom. The first kappa shape index (κ1) is 34.6. The van der Waals surface area contributed by atoms with Gasteiger partial charge in [-0.2, -0.15) is 0 Å². The first-order valence-corrected chi connectivity index (χ1v) is 15.4. The van der Waals surface area contributed by atoms with Crippen molar-refractivity contribution in [2.24, 2.45) is 5.92 Å². The van der Waals surface area contributed by atoms with Crippen LogP contribution in [0.25, 0.3) is 11.1 Å². The molecule has 2 aromatic carbocycles. The molecule has 2 heteroatoms. The van der Waals surface area contributed by atoms with Gasteiger partial charge in [0.2, 0.25) is 0 Å². The molecule has 2 rings (SSSR count). The van der Waals surface area contributed by atoms with Crippen LogP contribution >= 0.6 is 0 Å². The maximum Gasteiger partial charge on any atom is 0.130 e. The molecule has 0 fully saturated rings. The summed E-state index contributed by atoms with van der Waals surface area (Å²) in [6.45, 7) is 28.0. The number of allylic oxidation sites excluding steroid dienone is 10. The van der Waals surface area contributed by atoms with Gasteiger partial charge in [0.05, 0.1) is 0 Å². The van der Waals surface area contributed by atoms with Crippen molar-refractivity contribution in [3.05, 3.63) is 143 Å². The summed E-state index contributed by atoms with van der Waals surface area (Å²) in [7, 11) is 0. The van der Waals surface area contributed by atoms with Crippen LogP contribution in [0.1, 0.15) is 87.8 Å². The molecular weight excluding hydrogens is 513 g/mol. The maximum absolute atomic E-state index is 15.9. The molecule has 1 N–H and O–H groups in total. The largest absolute Gasteiger partial charge is 0.385 e. The maximum atomic E-state index is 15.9. The minimum absolute atomic E-state index is 0.00573. The van der Waals surface area contributed by atoms with E-state index in [9.17, 15) is 0 Å². The van der Waals surface area contributed by atoms with Gasteiger partial charge < -0.3 is 5.32 Å². The van der Waals surface area contributed by atoms with Crippen molar-refractivity contribution < 1.29 is 4.39 Å². The van der Waals surface area contributed by atoms with Crippen LogP contribution in [0.15, 0.2) is 103 Å². The molecular formula is C40H52FN. The van der Waals surface area contributed by atoms with Crippen molar-refractivity contribution in [2.75, 3.05) is 6.54 Å². The molecule has 0 radical (unpaired) electrons. The van der Waals surface area contributed by atoms with Gasteiger partial charge in [0.15, 0.2) is 0 Å². The quantitative estimate of drug-likeness (QED) is 0.200. The average Bonchev–Trinajstić information content (AvgIpc) is 3.00. The summed E-state index contributed by atoms with van der Waals surface area (Å²) in [6.07, 6.45) is 16.5. The Balaban J connectivity index is 2.42. The van der Waals surface area contributed by atoms with E-state index in [2.05, 4.69) is 101 Å². The lowest BCUT2D eigenvalue weighted by atomic mass is 9.80. The number of nitrogens with one attached hydrogen (secondary N) is 1. The highest BCUT2D eigenvalue weighted by molar-refractivity contribution is 5.73. The van der Waals surface area contributed by atoms with E-state index in [0.29, 0.717) is 17.5 Å². The number of rotatable bonds is 16. The van der Waals surface area contributed by atoms with Crippen LogP contribution < -0.4 is 5.32 Å². The Hall–Kier alpha value is -3.65. The van der Waals surface area contributed by atoms with E-state index in [0.717, 1.165) is 60.2 Å². The number of benzene rings is 2. The van der Waals surface area contributed by atoms with E-state index in [1.165, 1.54) is 22.3 Å². The Morgan fingerprint density at radius 3 is 2.31 bits per heavy atom. The van der Waals surface area contributed by atoms with E-state index >= 15 is 4.39 Å². The van der Waals surface area contributed by atoms with Gasteiger partial charge in [-0.25, -0.2) is 4.39 Å². The minimum atomic E-state index is -0.139. The predicted molar refractivity (Wildman–Crippen MR) is 185 cm³/mol. The minimum Gasteiger partial charge on any atom is -0.385 e. The van der Waals surface area contributed by atoms with E-state index in [4.69, 9.17) is 0 Å². The summed E-state index contributed by atoms with van der Waals surface area (Å²) < 4.78 is 15.9. The van der Waals surface area contributed by atoms with Gasteiger partial charge in [0.1, 0.15) is 5.82 Å². The van der Waals surface area contributed by atoms with Gasteiger partial charge in [0, 0.05) is 18.2 Å². The lowest BCUT2D eigenvalue weighted by molar-refractivity contribution is 0.603. The highest BCUT2D eigenvalue weighted by atomic mass is 19.1. The van der Waals surface area contributed by atoms with Gasteiger partial charge in [-0.05, 0) is 122 Å². The number of aryl methyl sites for hydroxylation is 1. The molecule has 0 saturated carbocycles. The van der Waals surface area contributed by atoms with Crippen LogP contribution in [0.4, 0.5) is 4.39 Å². The standard InChI is InChI=1S/C40H52FN/c1-11-17-35(42-24-12-2)21-18-28(7)25-34-20-23-38(31(10)40(34)41)36(16-6)39(30(9)14-4)27-32-19-22-37(29(8)13-3)33(15-5)26-32/h11,14,16-23,26,39,42H,4,8-9,12-13,15,24-25,27H2,1-3,5-7,10H3/b17-11?,28-18+,35-21+,36-16-. The Labute approximate surface area is 256 Å². The molecule has 0 aromatic heterocycles. The third-order valence-corrected chi connectivity index (χ3v) is 7.91. The van der Waals surface area contributed by atoms with E-state index in [1.54, 1.807) is 0 Å². The molecule has 1 unspecified atom stereocenters. The molecule has 1 atom stereocenters. The van der Waals surface area contributed by atoms with Gasteiger partial charge in [-0.15, -0.1) is 0 Å². The van der Waals surface area contributed by atoms with Crippen molar-refractivity contribution in [1.82, 2.24) is 5.32 Å². The second-order valence-corrected chi connectivity index (χ2v) is 11.0. The van der Waals surface area contributed by atoms with Gasteiger partial charge in [-0.3, -0.25) is 0 Å². The average molecular weight is 566 g/mol. The monoisotopic (exact) mass is 565 g/mol. The molecule has 224 valence electrons. The summed E-state index contributed by atoms with van der Waals surface area (Å²) in [5, 5.41) is 3.43. The molecule has 42 heavy (non-hydrogen) atoms. The van der Waals surface area contributed by atoms with Gasteiger partial charge in [-0.1, -0.05) is 101 Å². The Bertz CT molecular complexity index is 1380. The van der Waals surface area contributed by atoms with Crippen molar-refractivity contribution in [2.45, 2.75) is 80.6 Å². The van der Waals surface area contributed by atoms with Crippen LogP contribution in [-0.2, 0) is 19.3 Å². The fourth-order valence-electron chi connectivity index (χ4n) is 5.37. The molecule has 0 heterocycles. The zero-order valence-electron chi connectivity index (χ0n) is 27.2. The van der Waals surface area contributed by atoms with E-state index in [-0.39, 0.29) is 11.7 Å². The van der Waals surface area contributed by atoms with Gasteiger partial charge in [0.25, 0.3) is 0 Å². The van der Waals surface area contributed by atoms with Crippen molar-refractivity contribution in [1.29, 1.82) is 0 Å². The van der Waals surface area contributed by atoms with Gasteiger partial charge >= 0.3 is 0 Å². The van der Waals surface area contributed by atoms with E-state index in [1.807, 2.05) is 39.0 Å². The highest BCUT2D eigenvalue weighted by Gasteiger charge is 2.22. The Morgan fingerprint density at radius 1 is 1.00 bits per heavy atom. The molecule has 0 aliphatic heterocycles. The zero-order valence-corrected chi connectivity index (χ0v) is 27.2. The summed E-state index contributed by atoms with van der Waals surface area (Å²) in [5.41, 5.74) is 11.5. The Kier molecular flexibility index (Phi) is 14.3. The first-order valence-electron chi connectivity index (χ1n) is 15.4. The third kappa shape index (κ3) is 9.18. The lowest BCUT2D eigenvalue weighted by Gasteiger charge is -2.24. The fraction of sp³-hybridized carbons (Fsp3) is 0.350. The smallest absolute Gasteiger partial charge is 0.130 e. The van der Waals surface area contributed by atoms with E-state index < -0.39 is 0 Å². The zero-order chi connectivity index (χ0) is 31.2. The normalized spacial score (nSPS) is 13.4. The molecule has 0 amide bonds. The molecule has 0 bridgehead atoms. The van der Waals surface area contributed by atoms with Crippen LogP contribution in [0.3, 0.4) is 0 Å². The fourth-order valence-corrected chi connectivity index (χ4v) is 5.37. The predicted octanol–water partition coefficient (Wildman–Crippen LogP) is 11.1. The molecule has 2 aromatic rings. The SMILES string of the molecule is C=CC(=C)C(Cc1ccc(C(=C)CC)c(CC)c1)/C(=C\C)c1ccc(C/C(C)=C/C=C(\C=CC)NCCC)c(F)c1C. The summed E-state index contributed by atoms with van der Waals surface area (Å²) >= 11 is 0. The number of hydrogen-bond acceptors (Lipinski definition) is 1. The summed E-state index contributed by atoms with van der Waals surface area (Å²) in [4.78, 5) is 0. The van der Waals surface area contributed by atoms with Crippen molar-refractivity contribution in [3.63, 3.8) is 0 Å². The van der Waals surface area contributed by atoms with Crippen LogP contribution in [0.5, 0.6) is 0 Å². The third-order valence-electron chi connectivity index (χ3n) is 7.91. The van der Waals surface area contributed by atoms with Crippen molar-refractivity contribution in [3.8, 4) is 0 Å². The van der Waals surface area contributed by atoms with Crippen LogP contribution in [0.2, 0.25) is 0 Å². The van der Waals surface area contributed by atoms with Crippen LogP contribution in [-0.4, -0.2) is 6.54 Å². The molecule has 0 spiro atoms. The topological polar surface area (TPSA) is 12.0 Å². The molecule has 1 nitrogen and oxygen atoms in total. The second-order valence-electron chi connectivity index (χ2n) is 11.0. The first-order chi connectivity index (χ1) is 20.1. The summed E-state index contributed by atoms with van der Waals surface area (Å²) in [6, 6.07) is 10.7. The number of hydrogen-bond donors (Lipinski definition) is 1. The lowest BCUT2D eigenvalue weighted by Crippen LogP contribution is -2.12. The molecule has 0 aliphatic carbocycles. The number of halogens is 1. The molecule has 0 saturated heterocycles. The van der Waals surface area contributed by atoms with Crippen LogP contribution in [0, 0.1) is 18.7 Å². The highest BCUT2D eigenvalue weighted by Crippen LogP contribution is 2.36. The molecule has 0 aliphatic rings. The second kappa shape index (κ2) is 17.3. The summed E-state index contributed by atoms with van der Waals surface area (Å²) in [5.74, 6) is -0.145. The van der Waals surface area contributed by atoms with Crippen molar-refractivity contribution >= 4 is 11.1 Å².